The molecule has 2 atom stereocenters. The minimum Gasteiger partial charge on any atom is -0.497 e. The van der Waals surface area contributed by atoms with Crippen LogP contribution in [0.2, 0.25) is 0 Å². The first kappa shape index (κ1) is 14.4. The Hall–Kier alpha value is -2.04. The van der Waals surface area contributed by atoms with E-state index >= 15 is 0 Å². The number of carbonyl (C=O) groups is 2. The van der Waals surface area contributed by atoms with Crippen LogP contribution in [0.4, 0.5) is 4.79 Å². The van der Waals surface area contributed by atoms with E-state index in [2.05, 4.69) is 5.32 Å². The Morgan fingerprint density at radius 1 is 1.30 bits per heavy atom. The summed E-state index contributed by atoms with van der Waals surface area (Å²) in [5.74, 6) is 0.487. The fourth-order valence-electron chi connectivity index (χ4n) is 2.24. The van der Waals surface area contributed by atoms with Gasteiger partial charge in [-0.25, -0.2) is 4.79 Å². The second-order valence-electron chi connectivity index (χ2n) is 5.12. The van der Waals surface area contributed by atoms with Crippen molar-refractivity contribution in [1.82, 2.24) is 10.2 Å². The quantitative estimate of drug-likeness (QED) is 0.912. The summed E-state index contributed by atoms with van der Waals surface area (Å²) in [4.78, 5) is 25.3. The summed E-state index contributed by atoms with van der Waals surface area (Å²) in [5.41, 5.74) is 1.04. The van der Waals surface area contributed by atoms with Crippen molar-refractivity contribution in [3.63, 3.8) is 0 Å². The predicted molar refractivity (Wildman–Crippen MR) is 75.6 cm³/mol. The number of ether oxygens (including phenoxy) is 1. The van der Waals surface area contributed by atoms with E-state index in [0.29, 0.717) is 13.0 Å². The van der Waals surface area contributed by atoms with Gasteiger partial charge in [0.25, 0.3) is 0 Å². The Morgan fingerprint density at radius 3 is 2.75 bits per heavy atom. The smallest absolute Gasteiger partial charge is 0.324 e. The van der Waals surface area contributed by atoms with E-state index in [0.717, 1.165) is 11.3 Å². The van der Waals surface area contributed by atoms with Gasteiger partial charge in [-0.05, 0) is 31.0 Å². The van der Waals surface area contributed by atoms with Crippen LogP contribution in [-0.4, -0.2) is 36.5 Å². The predicted octanol–water partition coefficient (Wildman–Crippen LogP) is 1.81. The molecular weight excluding hydrogens is 256 g/mol. The Labute approximate surface area is 118 Å². The lowest BCUT2D eigenvalue weighted by Crippen LogP contribution is -2.58. The maximum absolute atomic E-state index is 12.1. The summed E-state index contributed by atoms with van der Waals surface area (Å²) in [6, 6.07) is 7.23. The van der Waals surface area contributed by atoms with Crippen molar-refractivity contribution >= 4 is 11.9 Å². The SMILES string of the molecule is COc1cccc(CCN2C(=O)NC(C)C(C)C2=O)c1. The molecule has 0 spiro atoms. The maximum Gasteiger partial charge on any atom is 0.324 e. The van der Waals surface area contributed by atoms with E-state index in [9.17, 15) is 9.59 Å². The highest BCUT2D eigenvalue weighted by Gasteiger charge is 2.35. The van der Waals surface area contributed by atoms with Crippen LogP contribution < -0.4 is 10.1 Å². The number of imide groups is 1. The molecule has 3 amide bonds. The molecule has 0 bridgehead atoms. The lowest BCUT2D eigenvalue weighted by Gasteiger charge is -2.34. The Morgan fingerprint density at radius 2 is 2.05 bits per heavy atom. The van der Waals surface area contributed by atoms with Crippen molar-refractivity contribution in [2.75, 3.05) is 13.7 Å². The van der Waals surface area contributed by atoms with Gasteiger partial charge in [-0.3, -0.25) is 9.69 Å². The molecule has 5 heteroatoms. The molecule has 1 aliphatic heterocycles. The average molecular weight is 276 g/mol. The summed E-state index contributed by atoms with van der Waals surface area (Å²) in [6.45, 7) is 4.07. The van der Waals surface area contributed by atoms with E-state index in [1.54, 1.807) is 7.11 Å². The molecule has 0 saturated carbocycles. The molecule has 108 valence electrons. The number of carbonyl (C=O) groups excluding carboxylic acids is 2. The molecule has 1 saturated heterocycles. The largest absolute Gasteiger partial charge is 0.497 e. The third kappa shape index (κ3) is 2.92. The van der Waals surface area contributed by atoms with Crippen LogP contribution in [-0.2, 0) is 11.2 Å². The van der Waals surface area contributed by atoms with Gasteiger partial charge in [0.1, 0.15) is 5.75 Å². The molecule has 2 unspecified atom stereocenters. The molecule has 2 rings (SSSR count). The fourth-order valence-corrected chi connectivity index (χ4v) is 2.24. The van der Waals surface area contributed by atoms with E-state index in [-0.39, 0.29) is 23.9 Å². The number of hydrogen-bond donors (Lipinski definition) is 1. The lowest BCUT2D eigenvalue weighted by molar-refractivity contribution is -0.134. The maximum atomic E-state index is 12.1. The monoisotopic (exact) mass is 276 g/mol. The van der Waals surface area contributed by atoms with Crippen molar-refractivity contribution in [3.05, 3.63) is 29.8 Å². The number of nitrogens with zero attached hydrogens (tertiary/aromatic N) is 1. The second-order valence-corrected chi connectivity index (χ2v) is 5.12. The molecule has 1 aromatic rings. The molecule has 1 aromatic carbocycles. The van der Waals surface area contributed by atoms with Gasteiger partial charge in [0.05, 0.1) is 13.0 Å². The van der Waals surface area contributed by atoms with Gasteiger partial charge in [0.2, 0.25) is 5.91 Å². The molecule has 0 radical (unpaired) electrons. The standard InChI is InChI=1S/C15H20N2O3/c1-10-11(2)16-15(19)17(14(10)18)8-7-12-5-4-6-13(9-12)20-3/h4-6,9-11H,7-8H2,1-3H3,(H,16,19). The van der Waals surface area contributed by atoms with Crippen LogP contribution in [0.1, 0.15) is 19.4 Å². The number of urea groups is 1. The highest BCUT2D eigenvalue weighted by Crippen LogP contribution is 2.17. The van der Waals surface area contributed by atoms with E-state index in [1.807, 2.05) is 38.1 Å². The van der Waals surface area contributed by atoms with E-state index < -0.39 is 0 Å². The summed E-state index contributed by atoms with van der Waals surface area (Å²) < 4.78 is 5.16. The molecular formula is C15H20N2O3. The van der Waals surface area contributed by atoms with Gasteiger partial charge in [0.15, 0.2) is 0 Å². The van der Waals surface area contributed by atoms with Crippen LogP contribution in [0, 0.1) is 5.92 Å². The average Bonchev–Trinajstić information content (AvgIpc) is 2.45. The van der Waals surface area contributed by atoms with Crippen LogP contribution in [0.5, 0.6) is 5.75 Å². The molecule has 5 nitrogen and oxygen atoms in total. The van der Waals surface area contributed by atoms with E-state index in [4.69, 9.17) is 4.74 Å². The topological polar surface area (TPSA) is 58.6 Å². The first-order valence-electron chi connectivity index (χ1n) is 6.77. The van der Waals surface area contributed by atoms with Gasteiger partial charge in [-0.1, -0.05) is 19.1 Å². The molecule has 1 fully saturated rings. The third-order valence-corrected chi connectivity index (χ3v) is 3.76. The molecule has 1 heterocycles. The zero-order chi connectivity index (χ0) is 14.7. The Balaban J connectivity index is 2.02. The lowest BCUT2D eigenvalue weighted by atomic mass is 9.99. The minimum absolute atomic E-state index is 0.107. The highest BCUT2D eigenvalue weighted by molar-refractivity contribution is 5.98. The van der Waals surface area contributed by atoms with Gasteiger partial charge in [-0.15, -0.1) is 0 Å². The van der Waals surface area contributed by atoms with Gasteiger partial charge in [0, 0.05) is 12.6 Å². The van der Waals surface area contributed by atoms with Crippen molar-refractivity contribution in [3.8, 4) is 5.75 Å². The van der Waals surface area contributed by atoms with Gasteiger partial charge in [-0.2, -0.15) is 0 Å². The third-order valence-electron chi connectivity index (χ3n) is 3.76. The number of rotatable bonds is 4. The van der Waals surface area contributed by atoms with Crippen molar-refractivity contribution in [2.45, 2.75) is 26.3 Å². The van der Waals surface area contributed by atoms with Gasteiger partial charge < -0.3 is 10.1 Å². The number of nitrogens with one attached hydrogen (secondary N) is 1. The Bertz CT molecular complexity index is 516. The normalized spacial score (nSPS) is 22.6. The van der Waals surface area contributed by atoms with Crippen molar-refractivity contribution in [2.24, 2.45) is 5.92 Å². The number of methoxy groups -OCH3 is 1. The summed E-state index contributed by atoms with van der Waals surface area (Å²) in [5, 5.41) is 2.81. The Kier molecular flexibility index (Phi) is 4.27. The number of benzene rings is 1. The molecule has 1 N–H and O–H groups in total. The number of hydrogen-bond acceptors (Lipinski definition) is 3. The van der Waals surface area contributed by atoms with Crippen molar-refractivity contribution < 1.29 is 14.3 Å². The van der Waals surface area contributed by atoms with Crippen LogP contribution in [0.25, 0.3) is 0 Å². The molecule has 1 aliphatic rings. The first-order valence-corrected chi connectivity index (χ1v) is 6.77. The zero-order valence-corrected chi connectivity index (χ0v) is 12.1. The zero-order valence-electron chi connectivity index (χ0n) is 12.1. The highest BCUT2D eigenvalue weighted by atomic mass is 16.5. The van der Waals surface area contributed by atoms with Crippen LogP contribution in [0.15, 0.2) is 24.3 Å². The molecule has 0 aromatic heterocycles. The minimum atomic E-state index is -0.302. The molecule has 20 heavy (non-hydrogen) atoms. The summed E-state index contributed by atoms with van der Waals surface area (Å²) >= 11 is 0. The van der Waals surface area contributed by atoms with Crippen LogP contribution >= 0.6 is 0 Å². The first-order chi connectivity index (χ1) is 9.52. The van der Waals surface area contributed by atoms with Gasteiger partial charge >= 0.3 is 6.03 Å². The van der Waals surface area contributed by atoms with Crippen molar-refractivity contribution in [1.29, 1.82) is 0 Å². The van der Waals surface area contributed by atoms with E-state index in [1.165, 1.54) is 4.90 Å². The summed E-state index contributed by atoms with van der Waals surface area (Å²) in [7, 11) is 1.61. The second kappa shape index (κ2) is 5.94. The molecule has 0 aliphatic carbocycles. The van der Waals surface area contributed by atoms with Crippen LogP contribution in [0.3, 0.4) is 0 Å². The fraction of sp³-hybridized carbons (Fsp3) is 0.467. The summed E-state index contributed by atoms with van der Waals surface area (Å²) in [6.07, 6.45) is 0.622. The number of amides is 3.